The first-order valence-corrected chi connectivity index (χ1v) is 11.8. The number of carbonyl (C=O) groups excluding carboxylic acids is 1. The number of rotatable bonds is 3. The van der Waals surface area contributed by atoms with Gasteiger partial charge in [0.25, 0.3) is 0 Å². The summed E-state index contributed by atoms with van der Waals surface area (Å²) in [5, 5.41) is 2.84. The van der Waals surface area contributed by atoms with Gasteiger partial charge in [0.15, 0.2) is 0 Å². The summed E-state index contributed by atoms with van der Waals surface area (Å²) < 4.78 is 34.2. The highest BCUT2D eigenvalue weighted by Gasteiger charge is 2.65. The monoisotopic (exact) mass is 447 g/mol. The number of hydrogen-bond acceptors (Lipinski definition) is 4. The van der Waals surface area contributed by atoms with Crippen molar-refractivity contribution in [2.24, 2.45) is 0 Å². The van der Waals surface area contributed by atoms with Crippen molar-refractivity contribution in [3.05, 3.63) is 65.2 Å². The van der Waals surface area contributed by atoms with Crippen LogP contribution in [0.25, 0.3) is 0 Å². The number of sulfonamides is 1. The van der Waals surface area contributed by atoms with Crippen molar-refractivity contribution >= 4 is 33.3 Å². The molecule has 1 spiro atoms. The van der Waals surface area contributed by atoms with Gasteiger partial charge >= 0.3 is 6.03 Å². The SMILES string of the molecule is O=C(Nc1ccc(Cl)cc1)N1C[C@@H]2C[C@@H]3[C@@](C1)(CN(Cc1ccccc1)S3(=O)=O)O2. The van der Waals surface area contributed by atoms with E-state index in [0.29, 0.717) is 30.2 Å². The Morgan fingerprint density at radius 2 is 1.87 bits per heavy atom. The smallest absolute Gasteiger partial charge is 0.322 e. The molecule has 30 heavy (non-hydrogen) atoms. The van der Waals surface area contributed by atoms with Gasteiger partial charge in [0.1, 0.15) is 10.9 Å². The summed E-state index contributed by atoms with van der Waals surface area (Å²) in [5.74, 6) is 0. The normalized spacial score (nSPS) is 29.6. The highest BCUT2D eigenvalue weighted by atomic mass is 35.5. The number of halogens is 1. The van der Waals surface area contributed by atoms with E-state index in [0.717, 1.165) is 5.56 Å². The van der Waals surface area contributed by atoms with Gasteiger partial charge in [-0.1, -0.05) is 41.9 Å². The molecule has 3 aliphatic heterocycles. The molecule has 3 aliphatic rings. The molecule has 2 aromatic carbocycles. The highest BCUT2D eigenvalue weighted by Crippen LogP contribution is 2.47. The minimum absolute atomic E-state index is 0.248. The van der Waals surface area contributed by atoms with Gasteiger partial charge in [-0.3, -0.25) is 0 Å². The Bertz CT molecular complexity index is 1060. The predicted molar refractivity (Wildman–Crippen MR) is 114 cm³/mol. The number of urea groups is 1. The van der Waals surface area contributed by atoms with Crippen LogP contribution in [0, 0.1) is 0 Å². The topological polar surface area (TPSA) is 79.0 Å². The first-order valence-electron chi connectivity index (χ1n) is 9.88. The number of anilines is 1. The number of likely N-dealkylation sites (tertiary alicyclic amines) is 1. The Balaban J connectivity index is 1.35. The molecule has 7 nitrogen and oxygen atoms in total. The predicted octanol–water partition coefficient (Wildman–Crippen LogP) is 2.93. The number of hydrogen-bond donors (Lipinski definition) is 1. The number of fused-ring (bicyclic) bond motifs is 1. The molecule has 0 radical (unpaired) electrons. The van der Waals surface area contributed by atoms with Gasteiger partial charge in [0.2, 0.25) is 10.0 Å². The second-order valence-electron chi connectivity index (χ2n) is 8.15. The summed E-state index contributed by atoms with van der Waals surface area (Å²) in [7, 11) is -3.50. The van der Waals surface area contributed by atoms with Crippen molar-refractivity contribution in [2.75, 3.05) is 25.0 Å². The lowest BCUT2D eigenvalue weighted by atomic mass is 9.99. The average Bonchev–Trinajstić information content (AvgIpc) is 3.09. The second kappa shape index (κ2) is 7.23. The summed E-state index contributed by atoms with van der Waals surface area (Å²) >= 11 is 5.90. The van der Waals surface area contributed by atoms with Gasteiger partial charge in [-0.05, 0) is 36.2 Å². The van der Waals surface area contributed by atoms with E-state index in [1.807, 2.05) is 30.3 Å². The van der Waals surface area contributed by atoms with Crippen molar-refractivity contribution in [2.45, 2.75) is 29.9 Å². The minimum atomic E-state index is -3.50. The largest absolute Gasteiger partial charge is 0.365 e. The van der Waals surface area contributed by atoms with Crippen LogP contribution in [-0.4, -0.2) is 60.2 Å². The van der Waals surface area contributed by atoms with Crippen molar-refractivity contribution < 1.29 is 17.9 Å². The van der Waals surface area contributed by atoms with Gasteiger partial charge in [-0.25, -0.2) is 13.2 Å². The van der Waals surface area contributed by atoms with Gasteiger partial charge in [0, 0.05) is 30.3 Å². The zero-order chi connectivity index (χ0) is 20.9. The summed E-state index contributed by atoms with van der Waals surface area (Å²) in [5.41, 5.74) is 0.692. The van der Waals surface area contributed by atoms with Crippen LogP contribution >= 0.6 is 11.6 Å². The van der Waals surface area contributed by atoms with Gasteiger partial charge in [-0.2, -0.15) is 4.31 Å². The van der Waals surface area contributed by atoms with E-state index in [2.05, 4.69) is 5.32 Å². The lowest BCUT2D eigenvalue weighted by Crippen LogP contribution is -2.57. The van der Waals surface area contributed by atoms with E-state index in [9.17, 15) is 13.2 Å². The van der Waals surface area contributed by atoms with E-state index in [-0.39, 0.29) is 25.2 Å². The number of ether oxygens (including phenoxy) is 1. The average molecular weight is 448 g/mol. The Hall–Kier alpha value is -2.13. The Labute approximate surface area is 180 Å². The van der Waals surface area contributed by atoms with Gasteiger partial charge in [-0.15, -0.1) is 0 Å². The van der Waals surface area contributed by atoms with Crippen LogP contribution in [-0.2, 0) is 21.3 Å². The van der Waals surface area contributed by atoms with Crippen LogP contribution in [0.1, 0.15) is 12.0 Å². The molecule has 5 rings (SSSR count). The highest BCUT2D eigenvalue weighted by molar-refractivity contribution is 7.90. The molecule has 2 aromatic rings. The molecule has 158 valence electrons. The van der Waals surface area contributed by atoms with Crippen LogP contribution in [0.2, 0.25) is 5.02 Å². The maximum atomic E-state index is 13.2. The van der Waals surface area contributed by atoms with Crippen molar-refractivity contribution in [1.29, 1.82) is 0 Å². The Morgan fingerprint density at radius 1 is 1.13 bits per heavy atom. The summed E-state index contributed by atoms with van der Waals surface area (Å²) in [4.78, 5) is 14.5. The standard InChI is InChI=1S/C21H22ClN3O4S/c22-16-6-8-17(9-7-16)23-20(26)24-12-18-10-19-21(13-24,29-18)14-25(30(19,27)28)11-15-4-2-1-3-5-15/h1-9,18-19H,10-14H2,(H,23,26)/t18-,19+,21+/m0/s1. The fourth-order valence-electron chi connectivity index (χ4n) is 4.77. The molecule has 9 heteroatoms. The van der Waals surface area contributed by atoms with E-state index < -0.39 is 20.9 Å². The molecule has 0 saturated carbocycles. The number of amides is 2. The molecule has 3 heterocycles. The molecule has 2 amide bonds. The Morgan fingerprint density at radius 3 is 2.60 bits per heavy atom. The number of benzene rings is 2. The van der Waals surface area contributed by atoms with E-state index >= 15 is 0 Å². The fraction of sp³-hybridized carbons (Fsp3) is 0.381. The van der Waals surface area contributed by atoms with Crippen molar-refractivity contribution in [3.8, 4) is 0 Å². The van der Waals surface area contributed by atoms with Crippen LogP contribution < -0.4 is 5.32 Å². The third-order valence-corrected chi connectivity index (χ3v) is 8.67. The molecule has 1 N–H and O–H groups in total. The fourth-order valence-corrected chi connectivity index (χ4v) is 7.19. The van der Waals surface area contributed by atoms with Gasteiger partial charge in [0.05, 0.1) is 12.6 Å². The van der Waals surface area contributed by atoms with E-state index in [1.165, 1.54) is 4.31 Å². The minimum Gasteiger partial charge on any atom is -0.365 e. The molecule has 0 aromatic heterocycles. The maximum absolute atomic E-state index is 13.2. The number of nitrogens with one attached hydrogen (secondary N) is 1. The van der Waals surface area contributed by atoms with Crippen LogP contribution in [0.15, 0.2) is 54.6 Å². The molecule has 0 unspecified atom stereocenters. The molecular weight excluding hydrogens is 426 g/mol. The second-order valence-corrected chi connectivity index (χ2v) is 10.7. The van der Waals surface area contributed by atoms with Crippen molar-refractivity contribution in [3.63, 3.8) is 0 Å². The third-order valence-electron chi connectivity index (χ3n) is 6.10. The maximum Gasteiger partial charge on any atom is 0.322 e. The van der Waals surface area contributed by atoms with Crippen LogP contribution in [0.4, 0.5) is 10.5 Å². The molecule has 3 atom stereocenters. The zero-order valence-corrected chi connectivity index (χ0v) is 17.8. The number of carbonyl (C=O) groups is 1. The molecule has 0 aliphatic carbocycles. The Kier molecular flexibility index (Phi) is 4.77. The molecule has 2 bridgehead atoms. The number of nitrogens with zero attached hydrogens (tertiary/aromatic N) is 2. The van der Waals surface area contributed by atoms with Gasteiger partial charge < -0.3 is 15.0 Å². The quantitative estimate of drug-likeness (QED) is 0.784. The molecule has 3 fully saturated rings. The van der Waals surface area contributed by atoms with Crippen LogP contribution in [0.3, 0.4) is 0 Å². The van der Waals surface area contributed by atoms with Crippen molar-refractivity contribution in [1.82, 2.24) is 9.21 Å². The zero-order valence-electron chi connectivity index (χ0n) is 16.2. The van der Waals surface area contributed by atoms with Crippen LogP contribution in [0.5, 0.6) is 0 Å². The summed E-state index contributed by atoms with van der Waals surface area (Å²) in [6.07, 6.45) is 0.145. The first-order chi connectivity index (χ1) is 14.4. The lowest BCUT2D eigenvalue weighted by Gasteiger charge is -2.39. The van der Waals surface area contributed by atoms with E-state index in [4.69, 9.17) is 16.3 Å². The first kappa shape index (κ1) is 19.8. The summed E-state index contributed by atoms with van der Waals surface area (Å²) in [6, 6.07) is 16.1. The molecule has 3 saturated heterocycles. The summed E-state index contributed by atoms with van der Waals surface area (Å²) in [6.45, 7) is 1.20. The number of morpholine rings is 1. The molecular formula is C21H22ClN3O4S. The third kappa shape index (κ3) is 3.37. The van der Waals surface area contributed by atoms with E-state index in [1.54, 1.807) is 29.2 Å². The lowest BCUT2D eigenvalue weighted by molar-refractivity contribution is -0.0946.